The Morgan fingerprint density at radius 3 is 2.41 bits per heavy atom. The summed E-state index contributed by atoms with van der Waals surface area (Å²) in [4.78, 5) is 14.7. The van der Waals surface area contributed by atoms with Gasteiger partial charge in [-0.25, -0.2) is 4.39 Å². The van der Waals surface area contributed by atoms with Gasteiger partial charge in [-0.1, -0.05) is 18.2 Å². The quantitative estimate of drug-likeness (QED) is 0.501. The average molecular weight is 361 g/mol. The highest BCUT2D eigenvalue weighted by atomic mass is 19.1. The fraction of sp³-hybridized carbons (Fsp3) is 0.0455. The Bertz CT molecular complexity index is 1100. The zero-order valence-electron chi connectivity index (χ0n) is 14.3. The fourth-order valence-corrected chi connectivity index (χ4v) is 3.11. The third-order valence-electron chi connectivity index (χ3n) is 4.32. The number of ether oxygens (including phenoxy) is 1. The number of fused-ring (bicyclic) bond motifs is 1. The van der Waals surface area contributed by atoms with Gasteiger partial charge in [-0.2, -0.15) is 0 Å². The molecule has 4 aromatic rings. The highest BCUT2D eigenvalue weighted by Crippen LogP contribution is 2.34. The molecular weight excluding hydrogens is 345 g/mol. The van der Waals surface area contributed by atoms with Crippen LogP contribution in [0.4, 0.5) is 4.39 Å². The summed E-state index contributed by atoms with van der Waals surface area (Å²) in [7, 11) is 0. The van der Waals surface area contributed by atoms with Gasteiger partial charge in [0.1, 0.15) is 17.3 Å². The van der Waals surface area contributed by atoms with E-state index >= 15 is 0 Å². The minimum absolute atomic E-state index is 0.151. The normalized spacial score (nSPS) is 10.9. The highest BCUT2D eigenvalue weighted by Gasteiger charge is 2.17. The van der Waals surface area contributed by atoms with E-state index in [0.29, 0.717) is 22.8 Å². The molecule has 0 atom stereocenters. The van der Waals surface area contributed by atoms with Crippen LogP contribution in [-0.4, -0.2) is 16.1 Å². The van der Waals surface area contributed by atoms with Crippen molar-refractivity contribution in [1.29, 1.82) is 0 Å². The van der Waals surface area contributed by atoms with Crippen molar-refractivity contribution < 1.29 is 19.0 Å². The van der Waals surface area contributed by atoms with E-state index in [-0.39, 0.29) is 12.2 Å². The summed E-state index contributed by atoms with van der Waals surface area (Å²) in [6, 6.07) is 20.8. The Balaban J connectivity index is 1.81. The molecule has 27 heavy (non-hydrogen) atoms. The number of hydrogen-bond donors (Lipinski definition) is 2. The summed E-state index contributed by atoms with van der Waals surface area (Å²) in [6.45, 7) is 0. The van der Waals surface area contributed by atoms with Gasteiger partial charge in [-0.3, -0.25) is 4.79 Å². The molecule has 0 unspecified atom stereocenters. The number of halogens is 1. The molecule has 0 aliphatic carbocycles. The number of aromatic nitrogens is 1. The number of aromatic amines is 1. The summed E-state index contributed by atoms with van der Waals surface area (Å²) in [6.07, 6.45) is -0.151. The van der Waals surface area contributed by atoms with E-state index in [1.54, 1.807) is 12.1 Å². The van der Waals surface area contributed by atoms with Crippen LogP contribution in [0, 0.1) is 5.82 Å². The Kier molecular flexibility index (Phi) is 4.34. The second-order valence-corrected chi connectivity index (χ2v) is 6.18. The van der Waals surface area contributed by atoms with Crippen LogP contribution in [0.15, 0.2) is 72.8 Å². The maximum Gasteiger partial charge on any atom is 0.307 e. The Hall–Kier alpha value is -3.60. The van der Waals surface area contributed by atoms with Gasteiger partial charge in [-0.15, -0.1) is 0 Å². The number of hydrogen-bond acceptors (Lipinski definition) is 2. The summed E-state index contributed by atoms with van der Waals surface area (Å²) < 4.78 is 19.1. The molecule has 0 amide bonds. The van der Waals surface area contributed by atoms with Crippen LogP contribution in [0.25, 0.3) is 22.2 Å². The lowest BCUT2D eigenvalue weighted by Gasteiger charge is -2.06. The first-order valence-electron chi connectivity index (χ1n) is 8.45. The Morgan fingerprint density at radius 1 is 0.963 bits per heavy atom. The zero-order chi connectivity index (χ0) is 18.8. The summed E-state index contributed by atoms with van der Waals surface area (Å²) in [5, 5.41) is 10.1. The molecule has 3 aromatic carbocycles. The van der Waals surface area contributed by atoms with Gasteiger partial charge in [0.25, 0.3) is 0 Å². The molecule has 0 saturated carbocycles. The third kappa shape index (κ3) is 3.53. The van der Waals surface area contributed by atoms with Crippen LogP contribution in [0.2, 0.25) is 0 Å². The first-order chi connectivity index (χ1) is 13.1. The minimum Gasteiger partial charge on any atom is -0.481 e. The second kappa shape index (κ2) is 6.96. The van der Waals surface area contributed by atoms with Gasteiger partial charge in [0.2, 0.25) is 0 Å². The molecule has 0 aliphatic rings. The first kappa shape index (κ1) is 16.8. The van der Waals surface area contributed by atoms with Gasteiger partial charge in [0, 0.05) is 10.9 Å². The first-order valence-corrected chi connectivity index (χ1v) is 8.45. The van der Waals surface area contributed by atoms with Gasteiger partial charge in [0.15, 0.2) is 0 Å². The third-order valence-corrected chi connectivity index (χ3v) is 4.32. The summed E-state index contributed by atoms with van der Waals surface area (Å²) in [5.41, 5.74) is 2.84. The lowest BCUT2D eigenvalue weighted by molar-refractivity contribution is -0.136. The van der Waals surface area contributed by atoms with Crippen LogP contribution in [0.1, 0.15) is 5.56 Å². The van der Waals surface area contributed by atoms with Crippen LogP contribution in [0.5, 0.6) is 11.5 Å². The maximum absolute atomic E-state index is 13.3. The van der Waals surface area contributed by atoms with E-state index in [2.05, 4.69) is 4.98 Å². The molecule has 0 aliphatic heterocycles. The number of H-pyrrole nitrogens is 1. The van der Waals surface area contributed by atoms with Crippen molar-refractivity contribution in [2.24, 2.45) is 0 Å². The van der Waals surface area contributed by atoms with Crippen molar-refractivity contribution in [2.75, 3.05) is 0 Å². The average Bonchev–Trinajstić information content (AvgIpc) is 3.01. The number of nitrogens with one attached hydrogen (secondary N) is 1. The van der Waals surface area contributed by atoms with Crippen LogP contribution in [-0.2, 0) is 11.2 Å². The minimum atomic E-state index is -0.936. The van der Waals surface area contributed by atoms with E-state index in [4.69, 9.17) is 4.74 Å². The second-order valence-electron chi connectivity index (χ2n) is 6.18. The van der Waals surface area contributed by atoms with Gasteiger partial charge >= 0.3 is 5.97 Å². The van der Waals surface area contributed by atoms with E-state index in [0.717, 1.165) is 16.5 Å². The maximum atomic E-state index is 13.3. The number of aliphatic carboxylic acids is 1. The molecule has 0 saturated heterocycles. The smallest absolute Gasteiger partial charge is 0.307 e. The fourth-order valence-electron chi connectivity index (χ4n) is 3.11. The molecule has 0 bridgehead atoms. The summed E-state index contributed by atoms with van der Waals surface area (Å²) in [5.74, 6) is 0.0396. The van der Waals surface area contributed by atoms with Crippen molar-refractivity contribution in [3.63, 3.8) is 0 Å². The molecule has 4 rings (SSSR count). The SMILES string of the molecule is O=C(O)Cc1c(-c2ccc(F)cc2)[nH]c2ccc(Oc3ccccc3)cc12. The number of rotatable bonds is 5. The predicted molar refractivity (Wildman–Crippen MR) is 102 cm³/mol. The van der Waals surface area contributed by atoms with E-state index in [1.807, 2.05) is 48.5 Å². The zero-order valence-corrected chi connectivity index (χ0v) is 14.3. The number of carboxylic acid groups (broad SMARTS) is 1. The number of para-hydroxylation sites is 1. The van der Waals surface area contributed by atoms with Crippen LogP contribution < -0.4 is 4.74 Å². The molecular formula is C22H16FNO3. The highest BCUT2D eigenvalue weighted by molar-refractivity contribution is 5.94. The van der Waals surface area contributed by atoms with Crippen molar-refractivity contribution in [1.82, 2.24) is 4.98 Å². The molecule has 0 spiro atoms. The number of benzene rings is 3. The molecule has 1 aromatic heterocycles. The van der Waals surface area contributed by atoms with E-state index < -0.39 is 5.97 Å². The van der Waals surface area contributed by atoms with Crippen molar-refractivity contribution in [3.05, 3.63) is 84.2 Å². The topological polar surface area (TPSA) is 62.3 Å². The monoisotopic (exact) mass is 361 g/mol. The molecule has 134 valence electrons. The molecule has 2 N–H and O–H groups in total. The van der Waals surface area contributed by atoms with Crippen LogP contribution >= 0.6 is 0 Å². The lowest BCUT2D eigenvalue weighted by Crippen LogP contribution is -2.01. The molecule has 1 heterocycles. The van der Waals surface area contributed by atoms with Gasteiger partial charge in [-0.05, 0) is 65.7 Å². The van der Waals surface area contributed by atoms with Crippen LogP contribution in [0.3, 0.4) is 0 Å². The molecule has 4 nitrogen and oxygen atoms in total. The number of carbonyl (C=O) groups is 1. The van der Waals surface area contributed by atoms with E-state index in [9.17, 15) is 14.3 Å². The molecule has 0 radical (unpaired) electrons. The Labute approximate surface area is 154 Å². The molecule has 5 heteroatoms. The summed E-state index contributed by atoms with van der Waals surface area (Å²) >= 11 is 0. The van der Waals surface area contributed by atoms with Gasteiger partial charge < -0.3 is 14.8 Å². The van der Waals surface area contributed by atoms with Crippen molar-refractivity contribution >= 4 is 16.9 Å². The van der Waals surface area contributed by atoms with Gasteiger partial charge in [0.05, 0.1) is 12.1 Å². The van der Waals surface area contributed by atoms with E-state index in [1.165, 1.54) is 12.1 Å². The standard InChI is InChI=1S/C22H16FNO3/c23-15-8-6-14(7-9-15)22-19(13-21(25)26)18-12-17(10-11-20(18)24-22)27-16-4-2-1-3-5-16/h1-12,24H,13H2,(H,25,26). The molecule has 0 fully saturated rings. The Morgan fingerprint density at radius 2 is 1.70 bits per heavy atom. The number of carboxylic acids is 1. The largest absolute Gasteiger partial charge is 0.481 e. The predicted octanol–water partition coefficient (Wildman–Crippen LogP) is 5.39. The van der Waals surface area contributed by atoms with Crippen molar-refractivity contribution in [2.45, 2.75) is 6.42 Å². The van der Waals surface area contributed by atoms with Crippen molar-refractivity contribution in [3.8, 4) is 22.8 Å². The lowest BCUT2D eigenvalue weighted by atomic mass is 10.0.